The van der Waals surface area contributed by atoms with Crippen molar-refractivity contribution in [2.75, 3.05) is 18.6 Å². The SMILES string of the molecule is CSCCCCCNC(C)c1cc2cc(Br)ccc2o1. The quantitative estimate of drug-likeness (QED) is 0.643. The van der Waals surface area contributed by atoms with Crippen molar-refractivity contribution in [3.63, 3.8) is 0 Å². The first-order valence-corrected chi connectivity index (χ1v) is 9.30. The molecule has 0 bridgehead atoms. The van der Waals surface area contributed by atoms with Crippen LogP contribution < -0.4 is 5.32 Å². The van der Waals surface area contributed by atoms with Crippen molar-refractivity contribution in [3.05, 3.63) is 34.5 Å². The lowest BCUT2D eigenvalue weighted by Crippen LogP contribution is -2.19. The molecule has 110 valence electrons. The molecular formula is C16H22BrNOS. The highest BCUT2D eigenvalue weighted by atomic mass is 79.9. The Labute approximate surface area is 133 Å². The number of nitrogens with one attached hydrogen (secondary N) is 1. The van der Waals surface area contributed by atoms with Crippen molar-refractivity contribution < 1.29 is 4.42 Å². The van der Waals surface area contributed by atoms with Crippen molar-refractivity contribution in [3.8, 4) is 0 Å². The van der Waals surface area contributed by atoms with E-state index in [-0.39, 0.29) is 6.04 Å². The highest BCUT2D eigenvalue weighted by Crippen LogP contribution is 2.26. The number of hydrogen-bond acceptors (Lipinski definition) is 3. The fraction of sp³-hybridized carbons (Fsp3) is 0.500. The van der Waals surface area contributed by atoms with E-state index in [1.165, 1.54) is 25.0 Å². The summed E-state index contributed by atoms with van der Waals surface area (Å²) in [6.45, 7) is 3.21. The van der Waals surface area contributed by atoms with Gasteiger partial charge in [-0.1, -0.05) is 22.4 Å². The molecule has 1 aromatic carbocycles. The lowest BCUT2D eigenvalue weighted by Gasteiger charge is -2.10. The van der Waals surface area contributed by atoms with Gasteiger partial charge in [-0.25, -0.2) is 0 Å². The van der Waals surface area contributed by atoms with Crippen LogP contribution in [-0.2, 0) is 0 Å². The van der Waals surface area contributed by atoms with Crippen molar-refractivity contribution in [1.82, 2.24) is 5.32 Å². The lowest BCUT2D eigenvalue weighted by molar-refractivity contribution is 0.446. The molecule has 2 rings (SSSR count). The van der Waals surface area contributed by atoms with Gasteiger partial charge in [-0.05, 0) is 62.6 Å². The summed E-state index contributed by atoms with van der Waals surface area (Å²) in [4.78, 5) is 0. The second-order valence-corrected chi connectivity index (χ2v) is 6.96. The summed E-state index contributed by atoms with van der Waals surface area (Å²) < 4.78 is 6.98. The van der Waals surface area contributed by atoms with Crippen molar-refractivity contribution in [2.45, 2.75) is 32.2 Å². The van der Waals surface area contributed by atoms with Crippen LogP contribution in [0.3, 0.4) is 0 Å². The highest BCUT2D eigenvalue weighted by molar-refractivity contribution is 9.10. The van der Waals surface area contributed by atoms with E-state index in [2.05, 4.69) is 46.6 Å². The molecule has 4 heteroatoms. The van der Waals surface area contributed by atoms with Gasteiger partial charge in [0.1, 0.15) is 11.3 Å². The summed E-state index contributed by atoms with van der Waals surface area (Å²) in [7, 11) is 0. The molecule has 1 N–H and O–H groups in total. The van der Waals surface area contributed by atoms with Gasteiger partial charge in [0.25, 0.3) is 0 Å². The van der Waals surface area contributed by atoms with Crippen LogP contribution in [0.5, 0.6) is 0 Å². The number of unbranched alkanes of at least 4 members (excludes halogenated alkanes) is 2. The number of rotatable bonds is 8. The summed E-state index contributed by atoms with van der Waals surface area (Å²) in [5.74, 6) is 2.29. The Bertz CT molecular complexity index is 540. The van der Waals surface area contributed by atoms with Crippen LogP contribution in [0, 0.1) is 0 Å². The van der Waals surface area contributed by atoms with Gasteiger partial charge >= 0.3 is 0 Å². The number of fused-ring (bicyclic) bond motifs is 1. The van der Waals surface area contributed by atoms with Crippen LogP contribution >= 0.6 is 27.7 Å². The minimum atomic E-state index is 0.265. The molecule has 20 heavy (non-hydrogen) atoms. The Morgan fingerprint density at radius 1 is 1.25 bits per heavy atom. The maximum atomic E-state index is 5.89. The lowest BCUT2D eigenvalue weighted by atomic mass is 10.2. The summed E-state index contributed by atoms with van der Waals surface area (Å²) >= 11 is 5.42. The van der Waals surface area contributed by atoms with Gasteiger partial charge in [-0.3, -0.25) is 0 Å². The molecule has 1 atom stereocenters. The predicted molar refractivity (Wildman–Crippen MR) is 92.6 cm³/mol. The fourth-order valence-electron chi connectivity index (χ4n) is 2.22. The number of benzene rings is 1. The second-order valence-electron chi connectivity index (χ2n) is 5.06. The van der Waals surface area contributed by atoms with E-state index in [1.807, 2.05) is 23.9 Å². The van der Waals surface area contributed by atoms with Gasteiger partial charge in [0.15, 0.2) is 0 Å². The molecule has 0 amide bonds. The third-order valence-corrected chi connectivity index (χ3v) is 4.59. The molecular weight excluding hydrogens is 334 g/mol. The first-order chi connectivity index (χ1) is 9.70. The van der Waals surface area contributed by atoms with Crippen LogP contribution in [0.25, 0.3) is 11.0 Å². The molecule has 1 heterocycles. The van der Waals surface area contributed by atoms with Gasteiger partial charge in [-0.2, -0.15) is 11.8 Å². The monoisotopic (exact) mass is 355 g/mol. The summed E-state index contributed by atoms with van der Waals surface area (Å²) in [5.41, 5.74) is 0.955. The van der Waals surface area contributed by atoms with Crippen LogP contribution in [0.2, 0.25) is 0 Å². The minimum Gasteiger partial charge on any atom is -0.459 e. The average Bonchev–Trinajstić information content (AvgIpc) is 2.85. The zero-order valence-electron chi connectivity index (χ0n) is 12.1. The maximum absolute atomic E-state index is 5.89. The molecule has 0 spiro atoms. The highest BCUT2D eigenvalue weighted by Gasteiger charge is 2.10. The molecule has 0 fully saturated rings. The van der Waals surface area contributed by atoms with Crippen molar-refractivity contribution in [2.24, 2.45) is 0 Å². The molecule has 0 radical (unpaired) electrons. The second kappa shape index (κ2) is 8.11. The van der Waals surface area contributed by atoms with Crippen LogP contribution in [0.4, 0.5) is 0 Å². The first-order valence-electron chi connectivity index (χ1n) is 7.12. The number of thioether (sulfide) groups is 1. The Morgan fingerprint density at radius 3 is 2.90 bits per heavy atom. The number of hydrogen-bond donors (Lipinski definition) is 1. The zero-order valence-corrected chi connectivity index (χ0v) is 14.5. The Kier molecular flexibility index (Phi) is 6.46. The standard InChI is InChI=1S/C16H22BrNOS/c1-12(18-8-4-3-5-9-20-2)16-11-13-10-14(17)6-7-15(13)19-16/h6-7,10-12,18H,3-5,8-9H2,1-2H3. The summed E-state index contributed by atoms with van der Waals surface area (Å²) in [6.07, 6.45) is 6.01. The van der Waals surface area contributed by atoms with Crippen LogP contribution in [-0.4, -0.2) is 18.6 Å². The largest absolute Gasteiger partial charge is 0.459 e. The van der Waals surface area contributed by atoms with Gasteiger partial charge < -0.3 is 9.73 Å². The van der Waals surface area contributed by atoms with E-state index in [9.17, 15) is 0 Å². The third kappa shape index (κ3) is 4.54. The Morgan fingerprint density at radius 2 is 2.10 bits per heavy atom. The van der Waals surface area contributed by atoms with Crippen molar-refractivity contribution in [1.29, 1.82) is 0 Å². The van der Waals surface area contributed by atoms with Gasteiger partial charge in [0, 0.05) is 9.86 Å². The van der Waals surface area contributed by atoms with Gasteiger partial charge in [0.2, 0.25) is 0 Å². The zero-order chi connectivity index (χ0) is 14.4. The van der Waals surface area contributed by atoms with E-state index in [0.29, 0.717) is 0 Å². The molecule has 2 aromatic rings. The molecule has 0 aliphatic carbocycles. The Balaban J connectivity index is 1.83. The number of halogens is 1. The minimum absolute atomic E-state index is 0.265. The van der Waals surface area contributed by atoms with Gasteiger partial charge in [-0.15, -0.1) is 0 Å². The topological polar surface area (TPSA) is 25.2 Å². The van der Waals surface area contributed by atoms with Crippen LogP contribution in [0.1, 0.15) is 38.0 Å². The molecule has 0 saturated heterocycles. The molecule has 1 unspecified atom stereocenters. The van der Waals surface area contributed by atoms with Gasteiger partial charge in [0.05, 0.1) is 6.04 Å². The van der Waals surface area contributed by atoms with E-state index in [4.69, 9.17) is 4.42 Å². The average molecular weight is 356 g/mol. The Hall–Kier alpha value is -0.450. The molecule has 0 aliphatic rings. The fourth-order valence-corrected chi connectivity index (χ4v) is 3.09. The normalized spacial score (nSPS) is 12.9. The van der Waals surface area contributed by atoms with E-state index in [0.717, 1.165) is 27.7 Å². The molecule has 0 aliphatic heterocycles. The smallest absolute Gasteiger partial charge is 0.134 e. The van der Waals surface area contributed by atoms with Crippen LogP contribution in [0.15, 0.2) is 33.2 Å². The van der Waals surface area contributed by atoms with E-state index in [1.54, 1.807) is 0 Å². The van der Waals surface area contributed by atoms with E-state index < -0.39 is 0 Å². The summed E-state index contributed by atoms with van der Waals surface area (Å²) in [6, 6.07) is 8.52. The third-order valence-electron chi connectivity index (χ3n) is 3.40. The molecule has 1 aromatic heterocycles. The number of furan rings is 1. The predicted octanol–water partition coefficient (Wildman–Crippen LogP) is 5.38. The van der Waals surface area contributed by atoms with Crippen molar-refractivity contribution >= 4 is 38.7 Å². The summed E-state index contributed by atoms with van der Waals surface area (Å²) in [5, 5.41) is 4.69. The maximum Gasteiger partial charge on any atom is 0.134 e. The molecule has 2 nitrogen and oxygen atoms in total. The van der Waals surface area contributed by atoms with E-state index >= 15 is 0 Å². The molecule has 0 saturated carbocycles. The first kappa shape index (κ1) is 15.9.